The number of rotatable bonds is 6. The lowest BCUT2D eigenvalue weighted by Crippen LogP contribution is -2.06. The summed E-state index contributed by atoms with van der Waals surface area (Å²) in [6.45, 7) is -0.806. The van der Waals surface area contributed by atoms with Gasteiger partial charge in [-0.1, -0.05) is 5.16 Å². The fourth-order valence-electron chi connectivity index (χ4n) is 1.99. The molecule has 0 radical (unpaired) electrons. The Morgan fingerprint density at radius 3 is 2.79 bits per heavy atom. The molecule has 0 atom stereocenters. The second-order valence-electron chi connectivity index (χ2n) is 4.76. The number of aromatic nitrogens is 4. The van der Waals surface area contributed by atoms with Gasteiger partial charge >= 0.3 is 6.61 Å². The van der Waals surface area contributed by atoms with Crippen LogP contribution in [0, 0.1) is 6.92 Å². The quantitative estimate of drug-likeness (QED) is 0.742. The van der Waals surface area contributed by atoms with Crippen molar-refractivity contribution >= 4 is 5.82 Å². The van der Waals surface area contributed by atoms with Gasteiger partial charge in [0.05, 0.1) is 24.0 Å². The predicted molar refractivity (Wildman–Crippen MR) is 80.5 cm³/mol. The molecule has 0 aliphatic carbocycles. The van der Waals surface area contributed by atoms with Gasteiger partial charge in [0.25, 0.3) is 5.89 Å². The first-order chi connectivity index (χ1) is 11.6. The zero-order valence-electron chi connectivity index (χ0n) is 12.6. The third-order valence-corrected chi connectivity index (χ3v) is 3.03. The van der Waals surface area contributed by atoms with Crippen LogP contribution in [0.15, 0.2) is 41.2 Å². The Morgan fingerprint density at radius 1 is 1.25 bits per heavy atom. The Morgan fingerprint density at radius 2 is 2.12 bits per heavy atom. The molecule has 24 heavy (non-hydrogen) atoms. The van der Waals surface area contributed by atoms with E-state index in [1.54, 1.807) is 31.3 Å². The van der Waals surface area contributed by atoms with Crippen molar-refractivity contribution in [3.8, 4) is 17.2 Å². The molecule has 3 heterocycles. The largest absolute Gasteiger partial charge is 0.433 e. The predicted octanol–water partition coefficient (Wildman–Crippen LogP) is 3.05. The molecule has 0 aromatic carbocycles. The van der Waals surface area contributed by atoms with E-state index in [4.69, 9.17) is 4.52 Å². The van der Waals surface area contributed by atoms with E-state index in [9.17, 15) is 8.78 Å². The Labute approximate surface area is 135 Å². The third kappa shape index (κ3) is 3.80. The highest BCUT2D eigenvalue weighted by molar-refractivity contribution is 5.68. The van der Waals surface area contributed by atoms with E-state index in [0.29, 0.717) is 35.3 Å². The highest BCUT2D eigenvalue weighted by Crippen LogP contribution is 2.24. The van der Waals surface area contributed by atoms with Gasteiger partial charge in [0.15, 0.2) is 5.82 Å². The molecule has 0 fully saturated rings. The molecule has 0 saturated heterocycles. The maximum atomic E-state index is 12.1. The van der Waals surface area contributed by atoms with Gasteiger partial charge in [-0.3, -0.25) is 4.98 Å². The molecule has 3 aromatic heterocycles. The lowest BCUT2D eigenvalue weighted by atomic mass is 10.2. The van der Waals surface area contributed by atoms with Crippen LogP contribution in [0.2, 0.25) is 0 Å². The monoisotopic (exact) mass is 333 g/mol. The number of ether oxygens (including phenoxy) is 1. The Balaban J connectivity index is 1.71. The molecular formula is C15H13F2N5O2. The first-order valence-electron chi connectivity index (χ1n) is 7.01. The number of hydrogen-bond donors (Lipinski definition) is 1. The van der Waals surface area contributed by atoms with E-state index in [1.807, 2.05) is 0 Å². The molecule has 0 bridgehead atoms. The molecule has 7 nitrogen and oxygen atoms in total. The fourth-order valence-corrected chi connectivity index (χ4v) is 1.99. The van der Waals surface area contributed by atoms with Gasteiger partial charge in [0.1, 0.15) is 11.6 Å². The molecule has 0 amide bonds. The van der Waals surface area contributed by atoms with Gasteiger partial charge < -0.3 is 14.6 Å². The van der Waals surface area contributed by atoms with E-state index in [0.717, 1.165) is 0 Å². The minimum atomic E-state index is -2.87. The lowest BCUT2D eigenvalue weighted by Gasteiger charge is -2.09. The number of hydrogen-bond acceptors (Lipinski definition) is 7. The molecule has 0 unspecified atom stereocenters. The van der Waals surface area contributed by atoms with Crippen LogP contribution in [-0.2, 0) is 6.54 Å². The summed E-state index contributed by atoms with van der Waals surface area (Å²) in [4.78, 5) is 12.5. The van der Waals surface area contributed by atoms with Crippen molar-refractivity contribution in [1.29, 1.82) is 0 Å². The van der Waals surface area contributed by atoms with Crippen molar-refractivity contribution in [2.75, 3.05) is 5.32 Å². The minimum Gasteiger partial charge on any atom is -0.433 e. The summed E-state index contributed by atoms with van der Waals surface area (Å²) in [7, 11) is 0. The summed E-state index contributed by atoms with van der Waals surface area (Å²) in [5, 5.41) is 6.86. The van der Waals surface area contributed by atoms with Gasteiger partial charge in [-0.25, -0.2) is 4.98 Å². The summed E-state index contributed by atoms with van der Waals surface area (Å²) >= 11 is 0. The first kappa shape index (κ1) is 15.8. The number of halogens is 2. The highest BCUT2D eigenvalue weighted by atomic mass is 19.3. The topological polar surface area (TPSA) is 86.0 Å². The standard InChI is InChI=1S/C15H13F2N5O2/c1-9-21-14(24-22-9)12-3-2-6-18-13(12)20-7-10-4-5-11(8-19-10)23-15(16)17/h2-6,8,15H,7H2,1H3,(H,18,20). The number of aryl methyl sites for hydroxylation is 1. The van der Waals surface area contributed by atoms with Crippen LogP contribution in [0.3, 0.4) is 0 Å². The number of anilines is 1. The van der Waals surface area contributed by atoms with Crippen LogP contribution in [-0.4, -0.2) is 26.7 Å². The van der Waals surface area contributed by atoms with E-state index >= 15 is 0 Å². The second-order valence-corrected chi connectivity index (χ2v) is 4.76. The zero-order chi connectivity index (χ0) is 16.9. The summed E-state index contributed by atoms with van der Waals surface area (Å²) in [5.74, 6) is 1.44. The van der Waals surface area contributed by atoms with Crippen molar-refractivity contribution in [2.45, 2.75) is 20.1 Å². The van der Waals surface area contributed by atoms with Crippen molar-refractivity contribution in [2.24, 2.45) is 0 Å². The Kier molecular flexibility index (Phi) is 4.59. The fraction of sp³-hybridized carbons (Fsp3) is 0.200. The first-order valence-corrected chi connectivity index (χ1v) is 7.01. The molecule has 124 valence electrons. The normalized spacial score (nSPS) is 10.8. The summed E-state index contributed by atoms with van der Waals surface area (Å²) in [6.07, 6.45) is 2.87. The number of nitrogens with zero attached hydrogens (tertiary/aromatic N) is 4. The third-order valence-electron chi connectivity index (χ3n) is 3.03. The maximum absolute atomic E-state index is 12.1. The molecule has 3 rings (SSSR count). The molecule has 9 heteroatoms. The molecule has 0 saturated carbocycles. The van der Waals surface area contributed by atoms with Gasteiger partial charge in [-0.05, 0) is 31.2 Å². The van der Waals surface area contributed by atoms with Crippen LogP contribution < -0.4 is 10.1 Å². The van der Waals surface area contributed by atoms with E-state index < -0.39 is 6.61 Å². The van der Waals surface area contributed by atoms with Crippen molar-refractivity contribution in [3.05, 3.63) is 48.2 Å². The number of pyridine rings is 2. The lowest BCUT2D eigenvalue weighted by molar-refractivity contribution is -0.0500. The van der Waals surface area contributed by atoms with E-state index in [2.05, 4.69) is 30.2 Å². The SMILES string of the molecule is Cc1noc(-c2cccnc2NCc2ccc(OC(F)F)cn2)n1. The molecule has 0 aliphatic heterocycles. The maximum Gasteiger partial charge on any atom is 0.387 e. The van der Waals surface area contributed by atoms with Gasteiger partial charge in [-0.15, -0.1) is 0 Å². The van der Waals surface area contributed by atoms with Gasteiger partial charge in [-0.2, -0.15) is 13.8 Å². The van der Waals surface area contributed by atoms with Crippen LogP contribution in [0.4, 0.5) is 14.6 Å². The second kappa shape index (κ2) is 6.99. The van der Waals surface area contributed by atoms with E-state index in [-0.39, 0.29) is 5.75 Å². The van der Waals surface area contributed by atoms with E-state index in [1.165, 1.54) is 12.3 Å². The molecule has 1 N–H and O–H groups in total. The smallest absolute Gasteiger partial charge is 0.387 e. The van der Waals surface area contributed by atoms with Crippen LogP contribution in [0.1, 0.15) is 11.5 Å². The Hall–Kier alpha value is -3.10. The van der Waals surface area contributed by atoms with Crippen molar-refractivity contribution in [1.82, 2.24) is 20.1 Å². The number of alkyl halides is 2. The minimum absolute atomic E-state index is 0.00797. The Bertz CT molecular complexity index is 808. The molecule has 0 aliphatic rings. The van der Waals surface area contributed by atoms with Gasteiger partial charge in [0, 0.05) is 6.20 Å². The molecule has 3 aromatic rings. The number of nitrogens with one attached hydrogen (secondary N) is 1. The molecular weight excluding hydrogens is 320 g/mol. The zero-order valence-corrected chi connectivity index (χ0v) is 12.6. The van der Waals surface area contributed by atoms with Crippen LogP contribution in [0.5, 0.6) is 5.75 Å². The van der Waals surface area contributed by atoms with Crippen LogP contribution in [0.25, 0.3) is 11.5 Å². The summed E-state index contributed by atoms with van der Waals surface area (Å²) in [5.41, 5.74) is 1.30. The van der Waals surface area contributed by atoms with Crippen molar-refractivity contribution < 1.29 is 18.0 Å². The molecule has 0 spiro atoms. The average Bonchev–Trinajstić information content (AvgIpc) is 3.00. The van der Waals surface area contributed by atoms with Gasteiger partial charge in [0.2, 0.25) is 0 Å². The van der Waals surface area contributed by atoms with Crippen LogP contribution >= 0.6 is 0 Å². The highest BCUT2D eigenvalue weighted by Gasteiger charge is 2.12. The summed E-state index contributed by atoms with van der Waals surface area (Å²) < 4.78 is 33.6. The average molecular weight is 333 g/mol. The summed E-state index contributed by atoms with van der Waals surface area (Å²) in [6, 6.07) is 6.57. The van der Waals surface area contributed by atoms with Crippen molar-refractivity contribution in [3.63, 3.8) is 0 Å².